The molecule has 2 atom stereocenters. The third-order valence-corrected chi connectivity index (χ3v) is 4.72. The first-order valence-electron chi connectivity index (χ1n) is 8.53. The summed E-state index contributed by atoms with van der Waals surface area (Å²) in [5.74, 6) is -2.00. The molecule has 142 valence electrons. The van der Waals surface area contributed by atoms with Gasteiger partial charge in [0.05, 0.1) is 12.3 Å². The Morgan fingerprint density at radius 2 is 1.74 bits per heavy atom. The Kier molecular flexibility index (Phi) is 5.69. The van der Waals surface area contributed by atoms with Crippen LogP contribution in [-0.2, 0) is 16.0 Å². The van der Waals surface area contributed by atoms with Crippen molar-refractivity contribution in [2.75, 3.05) is 13.1 Å². The van der Waals surface area contributed by atoms with E-state index in [0.29, 0.717) is 12.1 Å². The molecule has 2 aromatic rings. The van der Waals surface area contributed by atoms with E-state index in [4.69, 9.17) is 0 Å². The molecule has 1 aliphatic heterocycles. The smallest absolute Gasteiger partial charge is 0.387 e. The first-order chi connectivity index (χ1) is 12.9. The Bertz CT molecular complexity index is 795. The number of halogens is 2. The van der Waals surface area contributed by atoms with E-state index in [0.717, 1.165) is 5.56 Å². The predicted molar refractivity (Wildman–Crippen MR) is 93.7 cm³/mol. The van der Waals surface area contributed by atoms with Crippen LogP contribution < -0.4 is 4.74 Å². The second-order valence-electron chi connectivity index (χ2n) is 6.46. The Balaban J connectivity index is 1.67. The monoisotopic (exact) mass is 375 g/mol. The van der Waals surface area contributed by atoms with Gasteiger partial charge in [-0.2, -0.15) is 8.78 Å². The summed E-state index contributed by atoms with van der Waals surface area (Å²) in [4.78, 5) is 25.8. The van der Waals surface area contributed by atoms with E-state index in [1.54, 1.807) is 17.0 Å². The van der Waals surface area contributed by atoms with Gasteiger partial charge in [-0.25, -0.2) is 0 Å². The van der Waals surface area contributed by atoms with Gasteiger partial charge in [0.2, 0.25) is 5.91 Å². The van der Waals surface area contributed by atoms with Crippen LogP contribution in [0.3, 0.4) is 0 Å². The molecule has 27 heavy (non-hydrogen) atoms. The first kappa shape index (κ1) is 18.8. The number of likely N-dealkylation sites (tertiary alicyclic amines) is 1. The fraction of sp³-hybridized carbons (Fsp3) is 0.300. The van der Waals surface area contributed by atoms with Crippen LogP contribution in [0.1, 0.15) is 17.0 Å². The topological polar surface area (TPSA) is 66.8 Å². The van der Waals surface area contributed by atoms with Crippen LogP contribution in [0.4, 0.5) is 8.78 Å². The highest BCUT2D eigenvalue weighted by molar-refractivity contribution is 5.81. The highest BCUT2D eigenvalue weighted by Crippen LogP contribution is 2.33. The summed E-state index contributed by atoms with van der Waals surface area (Å²) in [6, 6.07) is 15.2. The molecule has 0 radical (unpaired) electrons. The van der Waals surface area contributed by atoms with Crippen LogP contribution in [0.2, 0.25) is 0 Å². The zero-order chi connectivity index (χ0) is 19.4. The van der Waals surface area contributed by atoms with Crippen LogP contribution >= 0.6 is 0 Å². The predicted octanol–water partition coefficient (Wildman–Crippen LogP) is 3.16. The summed E-state index contributed by atoms with van der Waals surface area (Å²) in [5, 5.41) is 9.52. The Labute approximate surface area is 155 Å². The number of carboxylic acids is 1. The van der Waals surface area contributed by atoms with Crippen molar-refractivity contribution >= 4 is 11.9 Å². The molecule has 0 unspecified atom stereocenters. The van der Waals surface area contributed by atoms with E-state index >= 15 is 0 Å². The number of carbonyl (C=O) groups excluding carboxylic acids is 1. The lowest BCUT2D eigenvalue weighted by atomic mass is 9.89. The number of carboxylic acid groups (broad SMARTS) is 1. The quantitative estimate of drug-likeness (QED) is 0.842. The fourth-order valence-electron chi connectivity index (χ4n) is 3.37. The van der Waals surface area contributed by atoms with Crippen molar-refractivity contribution in [3.8, 4) is 5.75 Å². The standard InChI is InChI=1S/C20H19F2NO4/c21-20(22)27-15-8-6-13(7-9-15)10-18(24)23-11-16(17(12-23)19(25)26)14-4-2-1-3-5-14/h1-9,16-17,20H,10-12H2,(H,25,26)/t16-,17+/m0/s1. The molecular weight excluding hydrogens is 356 g/mol. The molecule has 1 N–H and O–H groups in total. The second kappa shape index (κ2) is 8.16. The fourth-order valence-corrected chi connectivity index (χ4v) is 3.37. The molecule has 1 saturated heterocycles. The molecule has 0 saturated carbocycles. The summed E-state index contributed by atoms with van der Waals surface area (Å²) in [6.07, 6.45) is 0.0722. The zero-order valence-corrected chi connectivity index (χ0v) is 14.4. The number of nitrogens with zero attached hydrogens (tertiary/aromatic N) is 1. The normalized spacial score (nSPS) is 19.3. The average Bonchev–Trinajstić information content (AvgIpc) is 3.09. The molecule has 0 bridgehead atoms. The van der Waals surface area contributed by atoms with Crippen molar-refractivity contribution in [2.24, 2.45) is 5.92 Å². The largest absolute Gasteiger partial charge is 0.481 e. The third kappa shape index (κ3) is 4.61. The molecule has 0 aromatic heterocycles. The van der Waals surface area contributed by atoms with Crippen molar-refractivity contribution in [1.82, 2.24) is 4.90 Å². The van der Waals surface area contributed by atoms with Crippen LogP contribution in [0.15, 0.2) is 54.6 Å². The molecule has 1 fully saturated rings. The van der Waals surface area contributed by atoms with Gasteiger partial charge in [0.25, 0.3) is 0 Å². The van der Waals surface area contributed by atoms with Gasteiger partial charge in [0.1, 0.15) is 5.75 Å². The van der Waals surface area contributed by atoms with Gasteiger partial charge in [0, 0.05) is 19.0 Å². The molecule has 3 rings (SSSR count). The molecule has 1 aliphatic rings. The summed E-state index contributed by atoms with van der Waals surface area (Å²) in [5.41, 5.74) is 1.55. The van der Waals surface area contributed by atoms with Crippen molar-refractivity contribution in [3.63, 3.8) is 0 Å². The lowest BCUT2D eigenvalue weighted by Gasteiger charge is -2.17. The van der Waals surface area contributed by atoms with Crippen molar-refractivity contribution in [1.29, 1.82) is 0 Å². The molecular formula is C20H19F2NO4. The van der Waals surface area contributed by atoms with Gasteiger partial charge < -0.3 is 14.7 Å². The highest BCUT2D eigenvalue weighted by atomic mass is 19.3. The van der Waals surface area contributed by atoms with E-state index in [9.17, 15) is 23.5 Å². The van der Waals surface area contributed by atoms with Crippen LogP contribution in [0.25, 0.3) is 0 Å². The molecule has 7 heteroatoms. The minimum atomic E-state index is -2.90. The lowest BCUT2D eigenvalue weighted by molar-refractivity contribution is -0.141. The maximum atomic E-state index is 12.6. The van der Waals surface area contributed by atoms with Gasteiger partial charge >= 0.3 is 12.6 Å². The number of aliphatic carboxylic acids is 1. The van der Waals surface area contributed by atoms with Crippen LogP contribution in [0.5, 0.6) is 5.75 Å². The molecule has 5 nitrogen and oxygen atoms in total. The maximum absolute atomic E-state index is 12.6. The van der Waals surface area contributed by atoms with E-state index in [2.05, 4.69) is 4.74 Å². The third-order valence-electron chi connectivity index (χ3n) is 4.72. The van der Waals surface area contributed by atoms with Crippen LogP contribution in [-0.4, -0.2) is 41.6 Å². The van der Waals surface area contributed by atoms with Gasteiger partial charge in [0.15, 0.2) is 0 Å². The number of amides is 1. The number of benzene rings is 2. The Morgan fingerprint density at radius 3 is 2.33 bits per heavy atom. The number of hydrogen-bond acceptors (Lipinski definition) is 3. The molecule has 1 amide bonds. The molecule has 0 aliphatic carbocycles. The average molecular weight is 375 g/mol. The summed E-state index contributed by atoms with van der Waals surface area (Å²) < 4.78 is 28.6. The van der Waals surface area contributed by atoms with Gasteiger partial charge in [-0.15, -0.1) is 0 Å². The van der Waals surface area contributed by atoms with E-state index in [1.807, 2.05) is 30.3 Å². The van der Waals surface area contributed by atoms with E-state index < -0.39 is 18.5 Å². The number of ether oxygens (including phenoxy) is 1. The van der Waals surface area contributed by atoms with Gasteiger partial charge in [-0.1, -0.05) is 42.5 Å². The summed E-state index contributed by atoms with van der Waals surface area (Å²) >= 11 is 0. The van der Waals surface area contributed by atoms with Crippen molar-refractivity contribution < 1.29 is 28.2 Å². The Hall–Kier alpha value is -2.96. The van der Waals surface area contributed by atoms with Crippen molar-refractivity contribution in [3.05, 3.63) is 65.7 Å². The minimum absolute atomic E-state index is 0.0254. The summed E-state index contributed by atoms with van der Waals surface area (Å²) in [6.45, 7) is -2.41. The lowest BCUT2D eigenvalue weighted by Crippen LogP contribution is -2.31. The number of rotatable bonds is 6. The van der Waals surface area contributed by atoms with Gasteiger partial charge in [-0.3, -0.25) is 9.59 Å². The number of hydrogen-bond donors (Lipinski definition) is 1. The molecule has 1 heterocycles. The second-order valence-corrected chi connectivity index (χ2v) is 6.46. The van der Waals surface area contributed by atoms with E-state index in [1.165, 1.54) is 12.1 Å². The minimum Gasteiger partial charge on any atom is -0.481 e. The zero-order valence-electron chi connectivity index (χ0n) is 14.4. The molecule has 2 aromatic carbocycles. The van der Waals surface area contributed by atoms with Crippen molar-refractivity contribution in [2.45, 2.75) is 19.0 Å². The Morgan fingerprint density at radius 1 is 1.07 bits per heavy atom. The highest BCUT2D eigenvalue weighted by Gasteiger charge is 2.40. The number of carbonyl (C=O) groups is 2. The maximum Gasteiger partial charge on any atom is 0.387 e. The van der Waals surface area contributed by atoms with E-state index in [-0.39, 0.29) is 30.5 Å². The first-order valence-corrected chi connectivity index (χ1v) is 8.53. The van der Waals surface area contributed by atoms with Crippen LogP contribution in [0, 0.1) is 5.92 Å². The SMILES string of the molecule is O=C(O)[C@@H]1CN(C(=O)Cc2ccc(OC(F)F)cc2)C[C@H]1c1ccccc1. The molecule has 0 spiro atoms. The summed E-state index contributed by atoms with van der Waals surface area (Å²) in [7, 11) is 0. The number of alkyl halides is 2. The van der Waals surface area contributed by atoms with Gasteiger partial charge in [-0.05, 0) is 23.3 Å².